The van der Waals surface area contributed by atoms with Crippen LogP contribution in [0.25, 0.3) is 20.2 Å². The van der Waals surface area contributed by atoms with Crippen LogP contribution in [0.5, 0.6) is 0 Å². The van der Waals surface area contributed by atoms with Gasteiger partial charge in [0.1, 0.15) is 0 Å². The van der Waals surface area contributed by atoms with Crippen LogP contribution in [0.2, 0.25) is 0 Å². The lowest BCUT2D eigenvalue weighted by atomic mass is 10.2. The van der Waals surface area contributed by atoms with Crippen molar-refractivity contribution in [2.45, 2.75) is 27.7 Å². The average molecular weight is 373 g/mol. The molecule has 4 rings (SSSR count). The van der Waals surface area contributed by atoms with Crippen LogP contribution < -0.4 is 0 Å². The molecule has 1 heterocycles. The molecule has 0 aliphatic heterocycles. The van der Waals surface area contributed by atoms with Gasteiger partial charge in [-0.15, -0.1) is 11.3 Å². The first kappa shape index (κ1) is 21.9. The lowest BCUT2D eigenvalue weighted by Gasteiger charge is -1.88. The van der Waals surface area contributed by atoms with E-state index in [2.05, 4.69) is 48.5 Å². The zero-order valence-electron chi connectivity index (χ0n) is 16.2. The molecule has 0 saturated heterocycles. The Balaban J connectivity index is 0.000000235. The predicted molar refractivity (Wildman–Crippen MR) is 118 cm³/mol. The first-order valence-corrected chi connectivity index (χ1v) is 9.90. The van der Waals surface area contributed by atoms with Gasteiger partial charge in [0.2, 0.25) is 0 Å². The second-order valence-electron chi connectivity index (χ2n) is 4.90. The highest BCUT2D eigenvalue weighted by Crippen LogP contribution is 2.32. The number of benzene rings is 3. The molecule has 0 fully saturated rings. The van der Waals surface area contributed by atoms with Gasteiger partial charge >= 0.3 is 0 Å². The van der Waals surface area contributed by atoms with Gasteiger partial charge in [-0.1, -0.05) is 70.2 Å². The number of hydrogen-bond acceptors (Lipinski definition) is 3. The quantitative estimate of drug-likeness (QED) is 0.320. The van der Waals surface area contributed by atoms with Crippen molar-refractivity contribution in [3.05, 3.63) is 83.9 Å². The van der Waals surface area contributed by atoms with Crippen LogP contribution in [-0.4, -0.2) is 0 Å². The number of nitriles is 2. The number of fused-ring (bicyclic) bond motifs is 3. The summed E-state index contributed by atoms with van der Waals surface area (Å²) >= 11 is 1.86. The van der Waals surface area contributed by atoms with Crippen molar-refractivity contribution in [2.75, 3.05) is 0 Å². The minimum atomic E-state index is 0.527. The topological polar surface area (TPSA) is 47.6 Å². The zero-order chi connectivity index (χ0) is 20.1. The molecular formula is C24H24N2S. The third-order valence-corrected chi connectivity index (χ3v) is 4.56. The molecule has 0 atom stereocenters. The Morgan fingerprint density at radius 3 is 1.41 bits per heavy atom. The van der Waals surface area contributed by atoms with E-state index in [0.29, 0.717) is 11.1 Å². The number of hydrogen-bond donors (Lipinski definition) is 0. The molecule has 0 amide bonds. The number of rotatable bonds is 0. The summed E-state index contributed by atoms with van der Waals surface area (Å²) in [6.45, 7) is 8.00. The molecule has 136 valence electrons. The van der Waals surface area contributed by atoms with Crippen molar-refractivity contribution in [1.29, 1.82) is 10.5 Å². The van der Waals surface area contributed by atoms with Gasteiger partial charge in [0.25, 0.3) is 0 Å². The summed E-state index contributed by atoms with van der Waals surface area (Å²) in [7, 11) is 0. The SMILES string of the molecule is CC.CC.N#Cc1cccc(C#N)c1.c1ccc2c(c1)sc1ccccc12. The Hall–Kier alpha value is -3.14. The summed E-state index contributed by atoms with van der Waals surface area (Å²) in [6.07, 6.45) is 0. The van der Waals surface area contributed by atoms with Crippen LogP contribution in [-0.2, 0) is 0 Å². The molecule has 0 saturated carbocycles. The van der Waals surface area contributed by atoms with E-state index in [1.807, 2.05) is 51.2 Å². The largest absolute Gasteiger partial charge is 0.192 e. The second-order valence-corrected chi connectivity index (χ2v) is 5.98. The Morgan fingerprint density at radius 1 is 0.593 bits per heavy atom. The molecule has 0 spiro atoms. The molecule has 4 aromatic rings. The monoisotopic (exact) mass is 372 g/mol. The fourth-order valence-electron chi connectivity index (χ4n) is 2.33. The van der Waals surface area contributed by atoms with Crippen LogP contribution in [0.1, 0.15) is 38.8 Å². The van der Waals surface area contributed by atoms with E-state index in [9.17, 15) is 0 Å². The Morgan fingerprint density at radius 2 is 1.00 bits per heavy atom. The molecule has 2 nitrogen and oxygen atoms in total. The van der Waals surface area contributed by atoms with Gasteiger partial charge in [-0.3, -0.25) is 0 Å². The maximum Gasteiger partial charge on any atom is 0.0992 e. The van der Waals surface area contributed by atoms with Crippen molar-refractivity contribution in [3.8, 4) is 12.1 Å². The summed E-state index contributed by atoms with van der Waals surface area (Å²) in [5.74, 6) is 0. The lowest BCUT2D eigenvalue weighted by Crippen LogP contribution is -1.75. The molecule has 0 radical (unpaired) electrons. The van der Waals surface area contributed by atoms with Gasteiger partial charge in [0, 0.05) is 20.2 Å². The Labute approximate surface area is 165 Å². The van der Waals surface area contributed by atoms with Crippen molar-refractivity contribution in [1.82, 2.24) is 0 Å². The first-order chi connectivity index (χ1) is 13.3. The lowest BCUT2D eigenvalue weighted by molar-refractivity contribution is 1.45. The van der Waals surface area contributed by atoms with Crippen molar-refractivity contribution < 1.29 is 0 Å². The Kier molecular flexibility index (Phi) is 9.94. The third kappa shape index (κ3) is 5.96. The maximum absolute atomic E-state index is 8.40. The van der Waals surface area contributed by atoms with Gasteiger partial charge in [0.15, 0.2) is 0 Å². The molecule has 3 heteroatoms. The zero-order valence-corrected chi connectivity index (χ0v) is 17.0. The predicted octanol–water partition coefficient (Wildman–Crippen LogP) is 7.54. The van der Waals surface area contributed by atoms with Crippen molar-refractivity contribution >= 4 is 31.5 Å². The number of nitrogens with zero attached hydrogens (tertiary/aromatic N) is 2. The molecule has 0 unspecified atom stereocenters. The highest BCUT2D eigenvalue weighted by Gasteiger charge is 2.01. The molecule has 27 heavy (non-hydrogen) atoms. The standard InChI is InChI=1S/C12H8S.C8H4N2.2C2H6/c1-3-7-11-9(5-1)10-6-2-4-8-12(10)13-11;9-5-7-2-1-3-8(4-7)6-10;2*1-2/h1-8H;1-4H;2*1-2H3. The molecule has 0 aliphatic carbocycles. The highest BCUT2D eigenvalue weighted by molar-refractivity contribution is 7.25. The highest BCUT2D eigenvalue weighted by atomic mass is 32.1. The second kappa shape index (κ2) is 12.3. The van der Waals surface area contributed by atoms with Gasteiger partial charge < -0.3 is 0 Å². The van der Waals surface area contributed by atoms with E-state index in [0.717, 1.165) is 0 Å². The van der Waals surface area contributed by atoms with Gasteiger partial charge in [-0.25, -0.2) is 0 Å². The molecule has 0 bridgehead atoms. The van der Waals surface area contributed by atoms with Gasteiger partial charge in [0.05, 0.1) is 23.3 Å². The minimum Gasteiger partial charge on any atom is -0.192 e. The fourth-order valence-corrected chi connectivity index (χ4v) is 3.44. The van der Waals surface area contributed by atoms with Crippen LogP contribution in [0, 0.1) is 22.7 Å². The van der Waals surface area contributed by atoms with E-state index < -0.39 is 0 Å². The first-order valence-electron chi connectivity index (χ1n) is 9.08. The van der Waals surface area contributed by atoms with Crippen LogP contribution in [0.15, 0.2) is 72.8 Å². The van der Waals surface area contributed by atoms with Crippen molar-refractivity contribution in [2.24, 2.45) is 0 Å². The van der Waals surface area contributed by atoms with E-state index >= 15 is 0 Å². The van der Waals surface area contributed by atoms with E-state index in [1.54, 1.807) is 24.3 Å². The summed E-state index contributed by atoms with van der Waals surface area (Å²) in [5.41, 5.74) is 1.05. The normalized spacial score (nSPS) is 8.67. The summed E-state index contributed by atoms with van der Waals surface area (Å²) in [6, 6.07) is 27.6. The molecule has 0 N–H and O–H groups in total. The summed E-state index contributed by atoms with van der Waals surface area (Å²) in [4.78, 5) is 0. The van der Waals surface area contributed by atoms with E-state index in [4.69, 9.17) is 10.5 Å². The molecular weight excluding hydrogens is 348 g/mol. The molecule has 0 aliphatic rings. The van der Waals surface area contributed by atoms with Crippen LogP contribution in [0.4, 0.5) is 0 Å². The summed E-state index contributed by atoms with van der Waals surface area (Å²) in [5, 5.41) is 19.6. The van der Waals surface area contributed by atoms with Crippen LogP contribution in [0.3, 0.4) is 0 Å². The molecule has 1 aromatic heterocycles. The fraction of sp³-hybridized carbons (Fsp3) is 0.167. The van der Waals surface area contributed by atoms with E-state index in [1.165, 1.54) is 20.2 Å². The maximum atomic E-state index is 8.40. The number of thiophene rings is 1. The van der Waals surface area contributed by atoms with Gasteiger partial charge in [-0.2, -0.15) is 10.5 Å². The Bertz CT molecular complexity index is 970. The van der Waals surface area contributed by atoms with Gasteiger partial charge in [-0.05, 0) is 30.3 Å². The summed E-state index contributed by atoms with van der Waals surface area (Å²) < 4.78 is 2.76. The smallest absolute Gasteiger partial charge is 0.0992 e. The molecule has 3 aromatic carbocycles. The van der Waals surface area contributed by atoms with Crippen molar-refractivity contribution in [3.63, 3.8) is 0 Å². The third-order valence-electron chi connectivity index (χ3n) is 3.40. The van der Waals surface area contributed by atoms with Crippen LogP contribution >= 0.6 is 11.3 Å². The van der Waals surface area contributed by atoms with E-state index in [-0.39, 0.29) is 0 Å². The average Bonchev–Trinajstić information content (AvgIpc) is 3.16. The minimum absolute atomic E-state index is 0.527.